The van der Waals surface area contributed by atoms with Gasteiger partial charge in [0.25, 0.3) is 0 Å². The molecule has 0 fully saturated rings. The molecule has 0 saturated carbocycles. The van der Waals surface area contributed by atoms with Gasteiger partial charge in [-0.2, -0.15) is 0 Å². The van der Waals surface area contributed by atoms with Crippen LogP contribution in [0.25, 0.3) is 0 Å². The third-order valence-electron chi connectivity index (χ3n) is 0.968. The van der Waals surface area contributed by atoms with E-state index in [4.69, 9.17) is 24.8 Å². The van der Waals surface area contributed by atoms with E-state index < -0.39 is 0 Å². The summed E-state index contributed by atoms with van der Waals surface area (Å²) in [5, 5.41) is 0. The molecule has 0 heterocycles. The minimum Gasteiger partial charge on any atom is -0.422 e. The first-order chi connectivity index (χ1) is 4.27. The van der Waals surface area contributed by atoms with E-state index in [1.807, 2.05) is 0 Å². The molecule has 10 heavy (non-hydrogen) atoms. The Morgan fingerprint density at radius 3 is 2.50 bits per heavy atom. The molecule has 4 heteroatoms. The monoisotopic (exact) mass is 218 g/mol. The standard InChI is InChI=1S/C6H12S3.K/c1-2-3-4-5-9-6(7)8;/h2-5H2,1H3,(H,7,8);/q;+1/p-1. The SMILES string of the molecule is CCCCCSC(=S)[S-].[K+]. The molecule has 0 aliphatic heterocycles. The van der Waals surface area contributed by atoms with Gasteiger partial charge in [0.05, 0.1) is 0 Å². The average Bonchev–Trinajstić information content (AvgIpc) is 1.80. The smallest absolute Gasteiger partial charge is 0.422 e. The average molecular weight is 218 g/mol. The van der Waals surface area contributed by atoms with Gasteiger partial charge in [-0.05, 0) is 12.2 Å². The van der Waals surface area contributed by atoms with Gasteiger partial charge in [-0.3, -0.25) is 0 Å². The molecular weight excluding hydrogens is 207 g/mol. The van der Waals surface area contributed by atoms with E-state index in [0.717, 1.165) is 5.75 Å². The molecule has 0 aliphatic rings. The van der Waals surface area contributed by atoms with Crippen LogP contribution in [-0.2, 0) is 12.6 Å². The van der Waals surface area contributed by atoms with Crippen molar-refractivity contribution in [3.05, 3.63) is 0 Å². The van der Waals surface area contributed by atoms with Crippen molar-refractivity contribution in [3.63, 3.8) is 0 Å². The first-order valence-electron chi connectivity index (χ1n) is 3.11. The first-order valence-corrected chi connectivity index (χ1v) is 4.91. The molecule has 0 unspecified atom stereocenters. The number of rotatable bonds is 4. The van der Waals surface area contributed by atoms with E-state index in [0.29, 0.717) is 3.53 Å². The molecular formula is C6H11KS3. The second kappa shape index (κ2) is 11.3. The van der Waals surface area contributed by atoms with E-state index in [2.05, 4.69) is 6.92 Å². The fraction of sp³-hybridized carbons (Fsp3) is 0.833. The van der Waals surface area contributed by atoms with Crippen molar-refractivity contribution in [2.45, 2.75) is 26.2 Å². The maximum absolute atomic E-state index is 4.72. The zero-order chi connectivity index (χ0) is 7.11. The maximum Gasteiger partial charge on any atom is 1.00 e. The van der Waals surface area contributed by atoms with Crippen LogP contribution in [0, 0.1) is 0 Å². The van der Waals surface area contributed by atoms with E-state index in [-0.39, 0.29) is 51.4 Å². The van der Waals surface area contributed by atoms with Gasteiger partial charge < -0.3 is 24.8 Å². The summed E-state index contributed by atoms with van der Waals surface area (Å²) in [4.78, 5) is 0. The molecule has 0 aromatic heterocycles. The molecule has 54 valence electrons. The van der Waals surface area contributed by atoms with E-state index in [1.165, 1.54) is 19.3 Å². The second-order valence-corrected chi connectivity index (χ2v) is 4.50. The predicted octanol–water partition coefficient (Wildman–Crippen LogP) is -0.254. The predicted molar refractivity (Wildman–Crippen MR) is 51.9 cm³/mol. The van der Waals surface area contributed by atoms with Crippen LogP contribution in [-0.4, -0.2) is 9.28 Å². The molecule has 0 rings (SSSR count). The van der Waals surface area contributed by atoms with Gasteiger partial charge >= 0.3 is 51.4 Å². The molecule has 0 spiro atoms. The normalized spacial score (nSPS) is 8.50. The molecule has 0 bridgehead atoms. The van der Waals surface area contributed by atoms with Crippen LogP contribution in [0.2, 0.25) is 0 Å². The molecule has 0 saturated heterocycles. The molecule has 0 amide bonds. The third kappa shape index (κ3) is 12.9. The van der Waals surface area contributed by atoms with Crippen LogP contribution < -0.4 is 51.4 Å². The maximum atomic E-state index is 4.72. The number of thiocarbonyl (C=S) groups is 1. The molecule has 0 aliphatic carbocycles. The Labute approximate surface area is 121 Å². The summed E-state index contributed by atoms with van der Waals surface area (Å²) in [5.41, 5.74) is 0. The molecule has 0 atom stereocenters. The number of thioether (sulfide) groups is 1. The third-order valence-corrected chi connectivity index (χ3v) is 2.40. The second-order valence-electron chi connectivity index (χ2n) is 1.81. The van der Waals surface area contributed by atoms with Crippen molar-refractivity contribution in [3.8, 4) is 0 Å². The van der Waals surface area contributed by atoms with Crippen molar-refractivity contribution in [1.29, 1.82) is 0 Å². The van der Waals surface area contributed by atoms with Crippen molar-refractivity contribution in [1.82, 2.24) is 0 Å². The Morgan fingerprint density at radius 2 is 2.10 bits per heavy atom. The summed E-state index contributed by atoms with van der Waals surface area (Å²) in [7, 11) is 0. The van der Waals surface area contributed by atoms with Crippen LogP contribution in [0.15, 0.2) is 0 Å². The van der Waals surface area contributed by atoms with Gasteiger partial charge in [-0.1, -0.05) is 23.3 Å². The molecule has 0 N–H and O–H groups in total. The molecule has 0 aromatic rings. The van der Waals surface area contributed by atoms with Crippen molar-refractivity contribution < 1.29 is 51.4 Å². The molecule has 0 aromatic carbocycles. The minimum absolute atomic E-state index is 0. The van der Waals surface area contributed by atoms with Gasteiger partial charge in [0.2, 0.25) is 0 Å². The Kier molecular flexibility index (Phi) is 16.7. The summed E-state index contributed by atoms with van der Waals surface area (Å²) >= 11 is 11.1. The Balaban J connectivity index is 0. The Morgan fingerprint density at radius 1 is 1.50 bits per heavy atom. The van der Waals surface area contributed by atoms with Crippen LogP contribution in [0.5, 0.6) is 0 Å². The van der Waals surface area contributed by atoms with E-state index >= 15 is 0 Å². The summed E-state index contributed by atoms with van der Waals surface area (Å²) in [6.45, 7) is 2.19. The fourth-order valence-electron chi connectivity index (χ4n) is 0.508. The van der Waals surface area contributed by atoms with Gasteiger partial charge in [0, 0.05) is 0 Å². The zero-order valence-electron chi connectivity index (χ0n) is 6.55. The van der Waals surface area contributed by atoms with Crippen LogP contribution in [0.4, 0.5) is 0 Å². The van der Waals surface area contributed by atoms with E-state index in [9.17, 15) is 0 Å². The topological polar surface area (TPSA) is 0 Å². The minimum atomic E-state index is 0. The number of unbranched alkanes of at least 4 members (excludes halogenated alkanes) is 2. The quantitative estimate of drug-likeness (QED) is 0.276. The van der Waals surface area contributed by atoms with Crippen molar-refractivity contribution in [2.75, 3.05) is 5.75 Å². The summed E-state index contributed by atoms with van der Waals surface area (Å²) in [6, 6.07) is 0. The van der Waals surface area contributed by atoms with Gasteiger partial charge in [-0.25, -0.2) is 0 Å². The van der Waals surface area contributed by atoms with Crippen LogP contribution in [0.1, 0.15) is 26.2 Å². The first kappa shape index (κ1) is 14.8. The van der Waals surface area contributed by atoms with Crippen molar-refractivity contribution in [2.24, 2.45) is 0 Å². The number of hydrogen-bond acceptors (Lipinski definition) is 3. The Hall–Kier alpha value is 2.30. The summed E-state index contributed by atoms with van der Waals surface area (Å²) in [5.74, 6) is 1.11. The Bertz CT molecular complexity index is 85.1. The zero-order valence-corrected chi connectivity index (χ0v) is 12.1. The molecule has 0 radical (unpaired) electrons. The summed E-state index contributed by atoms with van der Waals surface area (Å²) in [6.07, 6.45) is 3.81. The van der Waals surface area contributed by atoms with Crippen molar-refractivity contribution >= 4 is 40.1 Å². The van der Waals surface area contributed by atoms with Gasteiger partial charge in [0.15, 0.2) is 0 Å². The molecule has 0 nitrogen and oxygen atoms in total. The van der Waals surface area contributed by atoms with E-state index in [1.54, 1.807) is 11.8 Å². The van der Waals surface area contributed by atoms with Gasteiger partial charge in [-0.15, -0.1) is 11.8 Å². The fourth-order valence-corrected chi connectivity index (χ4v) is 1.52. The number of hydrogen-bond donors (Lipinski definition) is 0. The summed E-state index contributed by atoms with van der Waals surface area (Å²) < 4.78 is 0.658. The van der Waals surface area contributed by atoms with Gasteiger partial charge in [0.1, 0.15) is 0 Å². The van der Waals surface area contributed by atoms with Crippen LogP contribution in [0.3, 0.4) is 0 Å². The largest absolute Gasteiger partial charge is 1.00 e. The van der Waals surface area contributed by atoms with Crippen LogP contribution >= 0.6 is 24.0 Å².